The number of benzene rings is 3. The van der Waals surface area contributed by atoms with E-state index in [9.17, 15) is 4.79 Å². The molecule has 0 aliphatic carbocycles. The fourth-order valence-corrected chi connectivity index (χ4v) is 4.03. The lowest BCUT2D eigenvalue weighted by Crippen LogP contribution is -2.13. The highest BCUT2D eigenvalue weighted by atomic mass is 16.5. The largest absolute Gasteiger partial charge is 0.493 e. The van der Waals surface area contributed by atoms with Crippen LogP contribution in [0.4, 0.5) is 0 Å². The summed E-state index contributed by atoms with van der Waals surface area (Å²) in [6, 6.07) is 21.2. The summed E-state index contributed by atoms with van der Waals surface area (Å²) in [6.07, 6.45) is 1.18. The Hall–Kier alpha value is -4.06. The van der Waals surface area contributed by atoms with Crippen LogP contribution in [0.25, 0.3) is 10.9 Å². The van der Waals surface area contributed by atoms with Crippen LogP contribution in [0.3, 0.4) is 0 Å². The Morgan fingerprint density at radius 3 is 1.94 bits per heavy atom. The molecule has 0 spiro atoms. The van der Waals surface area contributed by atoms with E-state index in [0.717, 1.165) is 22.0 Å². The molecule has 1 heterocycles. The Kier molecular flexibility index (Phi) is 7.15. The number of carbonyl (C=O) groups is 1. The van der Waals surface area contributed by atoms with Crippen molar-refractivity contribution in [1.82, 2.24) is 4.98 Å². The van der Waals surface area contributed by atoms with Gasteiger partial charge in [-0.3, -0.25) is 9.78 Å². The maximum atomic E-state index is 11.9. The van der Waals surface area contributed by atoms with Crippen molar-refractivity contribution < 1.29 is 23.7 Å². The van der Waals surface area contributed by atoms with Gasteiger partial charge in [0.2, 0.25) is 0 Å². The molecular formula is C30H31NO5. The summed E-state index contributed by atoms with van der Waals surface area (Å²) >= 11 is 0. The Morgan fingerprint density at radius 1 is 0.806 bits per heavy atom. The lowest BCUT2D eigenvalue weighted by atomic mass is 9.86. The standard InChI is InChI=1S/C30H31NO5/c1-19(32)35-29(20-7-11-22(12-8-20)30(2,3)4)21-9-13-23(14-10-21)36-26-15-16-31-25-18-28(34-6)27(33-5)17-24(25)26/h7-18,29H,1-6H3. The Bertz CT molecular complexity index is 1360. The topological polar surface area (TPSA) is 66.9 Å². The molecule has 1 unspecified atom stereocenters. The maximum Gasteiger partial charge on any atom is 0.303 e. The molecule has 0 radical (unpaired) electrons. The smallest absolute Gasteiger partial charge is 0.303 e. The molecule has 4 rings (SSSR count). The molecule has 3 aromatic carbocycles. The Balaban J connectivity index is 1.62. The van der Waals surface area contributed by atoms with Crippen molar-refractivity contribution >= 4 is 16.9 Å². The third kappa shape index (κ3) is 5.43. The maximum absolute atomic E-state index is 11.9. The number of carbonyl (C=O) groups excluding carboxylic acids is 1. The average Bonchev–Trinajstić information content (AvgIpc) is 2.86. The number of rotatable bonds is 7. The summed E-state index contributed by atoms with van der Waals surface area (Å²) in [5.74, 6) is 2.15. The monoisotopic (exact) mass is 485 g/mol. The van der Waals surface area contributed by atoms with Gasteiger partial charge in [0.25, 0.3) is 0 Å². The predicted octanol–water partition coefficient (Wildman–Crippen LogP) is 6.99. The Morgan fingerprint density at radius 2 is 1.39 bits per heavy atom. The summed E-state index contributed by atoms with van der Waals surface area (Å²) in [6.45, 7) is 7.93. The highest BCUT2D eigenvalue weighted by molar-refractivity contribution is 5.88. The SMILES string of the molecule is COc1cc2nccc(Oc3ccc(C(OC(C)=O)c4ccc(C(C)(C)C)cc4)cc3)c2cc1OC. The van der Waals surface area contributed by atoms with Crippen LogP contribution in [-0.4, -0.2) is 25.2 Å². The summed E-state index contributed by atoms with van der Waals surface area (Å²) in [7, 11) is 3.18. The zero-order valence-electron chi connectivity index (χ0n) is 21.5. The van der Waals surface area contributed by atoms with Crippen LogP contribution in [0.2, 0.25) is 0 Å². The Labute approximate surface area is 211 Å². The van der Waals surface area contributed by atoms with Crippen molar-refractivity contribution in [1.29, 1.82) is 0 Å². The van der Waals surface area contributed by atoms with Crippen LogP contribution < -0.4 is 14.2 Å². The minimum absolute atomic E-state index is 0.0424. The van der Waals surface area contributed by atoms with Crippen molar-refractivity contribution in [3.8, 4) is 23.0 Å². The summed E-state index contributed by atoms with van der Waals surface area (Å²) in [5.41, 5.74) is 3.76. The number of nitrogens with zero attached hydrogens (tertiary/aromatic N) is 1. The molecule has 1 aromatic heterocycles. The highest BCUT2D eigenvalue weighted by Gasteiger charge is 2.20. The van der Waals surface area contributed by atoms with Crippen molar-refractivity contribution in [2.24, 2.45) is 0 Å². The molecule has 6 heteroatoms. The first-order chi connectivity index (χ1) is 17.2. The van der Waals surface area contributed by atoms with Gasteiger partial charge in [0.05, 0.1) is 19.7 Å². The van der Waals surface area contributed by atoms with E-state index in [1.165, 1.54) is 12.5 Å². The van der Waals surface area contributed by atoms with Crippen LogP contribution in [-0.2, 0) is 14.9 Å². The lowest BCUT2D eigenvalue weighted by Gasteiger charge is -2.22. The second-order valence-corrected chi connectivity index (χ2v) is 9.57. The zero-order valence-corrected chi connectivity index (χ0v) is 21.5. The van der Waals surface area contributed by atoms with Crippen LogP contribution in [0.5, 0.6) is 23.0 Å². The number of ether oxygens (including phenoxy) is 4. The van der Waals surface area contributed by atoms with E-state index < -0.39 is 6.10 Å². The summed E-state index contributed by atoms with van der Waals surface area (Å²) < 4.78 is 22.7. The average molecular weight is 486 g/mol. The highest BCUT2D eigenvalue weighted by Crippen LogP contribution is 2.37. The number of aromatic nitrogens is 1. The molecule has 36 heavy (non-hydrogen) atoms. The fourth-order valence-electron chi connectivity index (χ4n) is 4.03. The molecule has 0 amide bonds. The second-order valence-electron chi connectivity index (χ2n) is 9.57. The van der Waals surface area contributed by atoms with E-state index in [4.69, 9.17) is 18.9 Å². The number of methoxy groups -OCH3 is 2. The van der Waals surface area contributed by atoms with Crippen molar-refractivity contribution in [3.05, 3.63) is 89.6 Å². The molecule has 1 atom stereocenters. The molecule has 6 nitrogen and oxygen atoms in total. The van der Waals surface area contributed by atoms with Gasteiger partial charge in [0.15, 0.2) is 17.6 Å². The van der Waals surface area contributed by atoms with Crippen LogP contribution in [0.1, 0.15) is 50.5 Å². The van der Waals surface area contributed by atoms with Crippen LogP contribution >= 0.6 is 0 Å². The first kappa shape index (κ1) is 25.0. The summed E-state index contributed by atoms with van der Waals surface area (Å²) in [4.78, 5) is 16.3. The van der Waals surface area contributed by atoms with Crippen molar-refractivity contribution in [2.75, 3.05) is 14.2 Å². The number of pyridine rings is 1. The van der Waals surface area contributed by atoms with Gasteiger partial charge in [0, 0.05) is 24.6 Å². The van der Waals surface area contributed by atoms with Gasteiger partial charge in [-0.2, -0.15) is 0 Å². The number of esters is 1. The first-order valence-electron chi connectivity index (χ1n) is 11.8. The minimum Gasteiger partial charge on any atom is -0.493 e. The normalized spacial score (nSPS) is 12.2. The van der Waals surface area contributed by atoms with E-state index in [1.807, 2.05) is 48.5 Å². The zero-order chi connectivity index (χ0) is 25.9. The number of fused-ring (bicyclic) bond motifs is 1. The van der Waals surface area contributed by atoms with E-state index in [-0.39, 0.29) is 11.4 Å². The molecule has 0 aliphatic heterocycles. The van der Waals surface area contributed by atoms with Crippen molar-refractivity contribution in [3.63, 3.8) is 0 Å². The van der Waals surface area contributed by atoms with Gasteiger partial charge >= 0.3 is 5.97 Å². The first-order valence-corrected chi connectivity index (χ1v) is 11.8. The van der Waals surface area contributed by atoms with Crippen LogP contribution in [0, 0.1) is 0 Å². The molecule has 0 saturated carbocycles. The van der Waals surface area contributed by atoms with E-state index in [2.05, 4.69) is 37.9 Å². The number of hydrogen-bond acceptors (Lipinski definition) is 6. The van der Waals surface area contributed by atoms with E-state index >= 15 is 0 Å². The van der Waals surface area contributed by atoms with Gasteiger partial charge < -0.3 is 18.9 Å². The molecule has 0 aliphatic rings. The summed E-state index contributed by atoms with van der Waals surface area (Å²) in [5, 5.41) is 0.802. The van der Waals surface area contributed by atoms with Gasteiger partial charge in [-0.25, -0.2) is 0 Å². The lowest BCUT2D eigenvalue weighted by molar-refractivity contribution is -0.144. The molecule has 0 N–H and O–H groups in total. The quantitative estimate of drug-likeness (QED) is 0.263. The fraction of sp³-hybridized carbons (Fsp3) is 0.267. The van der Waals surface area contributed by atoms with Gasteiger partial charge in [-0.15, -0.1) is 0 Å². The molecule has 0 fully saturated rings. The number of hydrogen-bond donors (Lipinski definition) is 0. The third-order valence-corrected chi connectivity index (χ3v) is 5.98. The van der Waals surface area contributed by atoms with Crippen molar-refractivity contribution in [2.45, 2.75) is 39.2 Å². The van der Waals surface area contributed by atoms with Crippen LogP contribution in [0.15, 0.2) is 72.9 Å². The predicted molar refractivity (Wildman–Crippen MR) is 140 cm³/mol. The van der Waals surface area contributed by atoms with Gasteiger partial charge in [-0.05, 0) is 46.4 Å². The molecule has 186 valence electrons. The van der Waals surface area contributed by atoms with Gasteiger partial charge in [0.1, 0.15) is 11.5 Å². The third-order valence-electron chi connectivity index (χ3n) is 5.98. The second kappa shape index (κ2) is 10.3. The molecular weight excluding hydrogens is 454 g/mol. The van der Waals surface area contributed by atoms with E-state index in [0.29, 0.717) is 23.0 Å². The molecule has 0 saturated heterocycles. The molecule has 0 bridgehead atoms. The van der Waals surface area contributed by atoms with E-state index in [1.54, 1.807) is 26.5 Å². The minimum atomic E-state index is -0.510. The molecule has 4 aromatic rings. The van der Waals surface area contributed by atoms with Gasteiger partial charge in [-0.1, -0.05) is 57.2 Å².